The third-order valence-electron chi connectivity index (χ3n) is 8.83. The molecule has 0 radical (unpaired) electrons. The van der Waals surface area contributed by atoms with Crippen molar-refractivity contribution in [3.63, 3.8) is 0 Å². The number of ether oxygens (including phenoxy) is 4. The number of hydrogen-bond acceptors (Lipinski definition) is 10. The average Bonchev–Trinajstić information content (AvgIpc) is 3.13. The molecule has 0 aliphatic carbocycles. The summed E-state index contributed by atoms with van der Waals surface area (Å²) >= 11 is 0. The second kappa shape index (κ2) is 20.0. The van der Waals surface area contributed by atoms with Gasteiger partial charge >= 0.3 is 24.7 Å². The first-order valence-corrected chi connectivity index (χ1v) is 17.9. The summed E-state index contributed by atoms with van der Waals surface area (Å²) in [7, 11) is 0. The maximum atomic E-state index is 13.0. The number of pyridine rings is 4. The van der Waals surface area contributed by atoms with Crippen LogP contribution in [0.25, 0.3) is 0 Å². The summed E-state index contributed by atoms with van der Waals surface area (Å²) in [5.74, 6) is -0.392. The van der Waals surface area contributed by atoms with Gasteiger partial charge in [-0.2, -0.15) is 52.7 Å². The van der Waals surface area contributed by atoms with Crippen molar-refractivity contribution in [3.8, 4) is 23.0 Å². The highest BCUT2D eigenvalue weighted by Gasteiger charge is 2.32. The van der Waals surface area contributed by atoms with Gasteiger partial charge in [-0.3, -0.25) is 29.7 Å². The van der Waals surface area contributed by atoms with Crippen LogP contribution >= 0.6 is 0 Å². The molecule has 0 unspecified atom stereocenters. The normalized spacial score (nSPS) is 12.6. The van der Waals surface area contributed by atoms with E-state index < -0.39 is 51.1 Å². The molecule has 4 rings (SSSR count). The van der Waals surface area contributed by atoms with Gasteiger partial charge in [0.15, 0.2) is 26.4 Å². The summed E-state index contributed by atoms with van der Waals surface area (Å²) in [6.45, 7) is -0.418. The van der Waals surface area contributed by atoms with Crippen molar-refractivity contribution in [1.29, 1.82) is 0 Å². The van der Waals surface area contributed by atoms with E-state index in [4.69, 9.17) is 18.9 Å². The van der Waals surface area contributed by atoms with Crippen molar-refractivity contribution in [2.24, 2.45) is 0 Å². The summed E-state index contributed by atoms with van der Waals surface area (Å²) in [5.41, 5.74) is 2.18. The van der Waals surface area contributed by atoms with Crippen molar-refractivity contribution in [2.45, 2.75) is 78.6 Å². The quantitative estimate of drug-likeness (QED) is 0.0851. The molecule has 0 aromatic carbocycles. The molecule has 10 nitrogen and oxygen atoms in total. The molecule has 22 heteroatoms. The Bertz CT molecular complexity index is 1740. The summed E-state index contributed by atoms with van der Waals surface area (Å²) < 4.78 is 176. The zero-order valence-corrected chi connectivity index (χ0v) is 32.5. The van der Waals surface area contributed by atoms with E-state index in [2.05, 4.69) is 19.9 Å². The fraction of sp³-hybridized carbons (Fsp3) is 0.474. The van der Waals surface area contributed by atoms with Crippen LogP contribution in [-0.4, -0.2) is 94.0 Å². The van der Waals surface area contributed by atoms with Crippen LogP contribution in [0.3, 0.4) is 0 Å². The Balaban J connectivity index is 1.71. The van der Waals surface area contributed by atoms with Crippen LogP contribution in [0.4, 0.5) is 52.7 Å². The van der Waals surface area contributed by atoms with Crippen molar-refractivity contribution in [1.82, 2.24) is 29.7 Å². The van der Waals surface area contributed by atoms with Gasteiger partial charge in [-0.15, -0.1) is 0 Å². The van der Waals surface area contributed by atoms with E-state index in [0.29, 0.717) is 0 Å². The van der Waals surface area contributed by atoms with Crippen LogP contribution in [0, 0.1) is 27.7 Å². The number of nitrogens with zero attached hydrogens (tertiary/aromatic N) is 6. The Hall–Kier alpha value is -5.12. The van der Waals surface area contributed by atoms with Gasteiger partial charge in [-0.1, -0.05) is 0 Å². The molecule has 0 fully saturated rings. The minimum Gasteiger partial charge on any atom is -0.484 e. The van der Waals surface area contributed by atoms with E-state index in [9.17, 15) is 52.7 Å². The number of alkyl halides is 12. The second-order valence-electron chi connectivity index (χ2n) is 13.6. The Labute approximate surface area is 336 Å². The number of hydrogen-bond donors (Lipinski definition) is 0. The minimum atomic E-state index is -4.64. The third kappa shape index (κ3) is 15.5. The molecule has 0 saturated heterocycles. The SMILES string of the molecule is Cc1c(OCC(F)(F)F)ccnc1CN(CCN(Cc1nccc(OCC(F)(F)F)c1C)Cc1nccc(OCC(F)(F)F)c1C)Cc1nccc(OCC(F)(F)F)c1C. The first-order chi connectivity index (χ1) is 27.9. The van der Waals surface area contributed by atoms with Gasteiger partial charge in [0.2, 0.25) is 0 Å². The average molecular weight is 873 g/mol. The lowest BCUT2D eigenvalue weighted by Gasteiger charge is -2.29. The monoisotopic (exact) mass is 872 g/mol. The maximum Gasteiger partial charge on any atom is 0.422 e. The van der Waals surface area contributed by atoms with Gasteiger partial charge in [0.25, 0.3) is 0 Å². The predicted molar refractivity (Wildman–Crippen MR) is 190 cm³/mol. The smallest absolute Gasteiger partial charge is 0.422 e. The van der Waals surface area contributed by atoms with E-state index in [1.54, 1.807) is 9.80 Å². The first-order valence-electron chi connectivity index (χ1n) is 17.9. The largest absolute Gasteiger partial charge is 0.484 e. The van der Waals surface area contributed by atoms with Gasteiger partial charge < -0.3 is 18.9 Å². The van der Waals surface area contributed by atoms with Crippen molar-refractivity contribution in [2.75, 3.05) is 39.5 Å². The molecule has 0 aliphatic heterocycles. The molecule has 0 atom stereocenters. The van der Waals surface area contributed by atoms with Crippen LogP contribution in [-0.2, 0) is 26.2 Å². The molecule has 0 spiro atoms. The van der Waals surface area contributed by atoms with Gasteiger partial charge in [-0.25, -0.2) is 0 Å². The first kappa shape index (κ1) is 47.6. The van der Waals surface area contributed by atoms with Crippen LogP contribution in [0.15, 0.2) is 49.1 Å². The van der Waals surface area contributed by atoms with Crippen molar-refractivity contribution >= 4 is 0 Å². The molecule has 4 aromatic rings. The minimum absolute atomic E-state index is 0.0618. The number of halogens is 12. The fourth-order valence-corrected chi connectivity index (χ4v) is 5.70. The predicted octanol–water partition coefficient (Wildman–Crippen LogP) is 8.97. The highest BCUT2D eigenvalue weighted by Crippen LogP contribution is 2.29. The molecule has 4 heterocycles. The highest BCUT2D eigenvalue weighted by molar-refractivity contribution is 5.38. The molecular formula is C38H40F12N6O4. The molecular weight excluding hydrogens is 832 g/mol. The zero-order valence-electron chi connectivity index (χ0n) is 32.5. The Morgan fingerprint density at radius 3 is 0.767 bits per heavy atom. The molecule has 0 amide bonds. The Morgan fingerprint density at radius 1 is 0.383 bits per heavy atom. The Morgan fingerprint density at radius 2 is 0.583 bits per heavy atom. The van der Waals surface area contributed by atoms with Gasteiger partial charge in [0.05, 0.1) is 22.8 Å². The summed E-state index contributed by atoms with van der Waals surface area (Å²) in [4.78, 5) is 20.8. The lowest BCUT2D eigenvalue weighted by molar-refractivity contribution is -0.154. The molecule has 0 saturated carbocycles. The van der Waals surface area contributed by atoms with Gasteiger partial charge in [0.1, 0.15) is 23.0 Å². The summed E-state index contributed by atoms with van der Waals surface area (Å²) in [6, 6.07) is 5.03. The van der Waals surface area contributed by atoms with E-state index in [1.165, 1.54) is 76.7 Å². The second-order valence-corrected chi connectivity index (χ2v) is 13.6. The Kier molecular flexibility index (Phi) is 15.8. The third-order valence-corrected chi connectivity index (χ3v) is 8.83. The van der Waals surface area contributed by atoms with E-state index in [-0.39, 0.29) is 107 Å². The lowest BCUT2D eigenvalue weighted by atomic mass is 10.1. The van der Waals surface area contributed by atoms with Crippen molar-refractivity contribution in [3.05, 3.63) is 94.1 Å². The number of aromatic nitrogens is 4. The lowest BCUT2D eigenvalue weighted by Crippen LogP contribution is -2.35. The van der Waals surface area contributed by atoms with E-state index >= 15 is 0 Å². The highest BCUT2D eigenvalue weighted by atomic mass is 19.4. The molecule has 0 N–H and O–H groups in total. The van der Waals surface area contributed by atoms with Crippen LogP contribution < -0.4 is 18.9 Å². The van der Waals surface area contributed by atoms with Crippen LogP contribution in [0.1, 0.15) is 45.0 Å². The van der Waals surface area contributed by atoms with Gasteiger partial charge in [-0.05, 0) is 52.0 Å². The van der Waals surface area contributed by atoms with E-state index in [1.807, 2.05) is 0 Å². The molecule has 0 bridgehead atoms. The standard InChI is InChI=1S/C38H40F12N6O4/c1-23-27(51-9-5-31(23)57-19-35(39,40)41)15-55(16-28-24(2)32(6-10-52-28)58-20-36(42,43)44)13-14-56(17-29-25(3)33(7-11-53-29)59-21-37(45,46)47)18-30-26(4)34(8-12-54-30)60-22-38(48,49)50/h5-12H,13-22H2,1-4H3. The zero-order chi connectivity index (χ0) is 44.5. The van der Waals surface area contributed by atoms with Crippen molar-refractivity contribution < 1.29 is 71.6 Å². The van der Waals surface area contributed by atoms with Crippen LogP contribution in [0.5, 0.6) is 23.0 Å². The van der Waals surface area contributed by atoms with E-state index in [0.717, 1.165) is 0 Å². The molecule has 330 valence electrons. The summed E-state index contributed by atoms with van der Waals surface area (Å²) in [5, 5.41) is 0. The number of rotatable bonds is 19. The van der Waals surface area contributed by atoms with Crippen LogP contribution in [0.2, 0.25) is 0 Å². The summed E-state index contributed by atoms with van der Waals surface area (Å²) in [6.07, 6.45) is -13.6. The molecule has 60 heavy (non-hydrogen) atoms. The fourth-order valence-electron chi connectivity index (χ4n) is 5.70. The molecule has 0 aliphatic rings. The van der Waals surface area contributed by atoms with Gasteiger partial charge in [0, 0.05) is 86.3 Å². The maximum absolute atomic E-state index is 13.0. The molecule has 4 aromatic heterocycles. The topological polar surface area (TPSA) is 95.0 Å².